The van der Waals surface area contributed by atoms with Gasteiger partial charge in [-0.15, -0.1) is 0 Å². The molecule has 2 aliphatic rings. The topological polar surface area (TPSA) is 42.3 Å². The van der Waals surface area contributed by atoms with Crippen LogP contribution in [0.15, 0.2) is 42.7 Å². The van der Waals surface area contributed by atoms with Gasteiger partial charge in [-0.25, -0.2) is 0 Å². The number of hydrogen-bond acceptors (Lipinski definition) is 3. The number of nitrogens with zero attached hydrogens (tertiary/aromatic N) is 3. The number of hydrogen-bond donors (Lipinski definition) is 1. The van der Waals surface area contributed by atoms with Crippen LogP contribution in [-0.2, 0) is 4.74 Å². The molecule has 1 N–H and O–H groups in total. The molecule has 0 aromatic carbocycles. The molecule has 0 bridgehead atoms. The van der Waals surface area contributed by atoms with Crippen molar-refractivity contribution in [2.75, 3.05) is 20.3 Å². The molecule has 28 heavy (non-hydrogen) atoms. The van der Waals surface area contributed by atoms with Crippen LogP contribution >= 0.6 is 12.2 Å². The van der Waals surface area contributed by atoms with Crippen LogP contribution in [0.1, 0.15) is 68.0 Å². The first-order valence-corrected chi connectivity index (χ1v) is 10.8. The molecular formula is C22H30N4OS. The molecule has 2 atom stereocenters. The summed E-state index contributed by atoms with van der Waals surface area (Å²) in [7, 11) is 1.75. The van der Waals surface area contributed by atoms with E-state index < -0.39 is 0 Å². The highest BCUT2D eigenvalue weighted by Gasteiger charge is 2.41. The maximum absolute atomic E-state index is 5.75. The van der Waals surface area contributed by atoms with E-state index in [9.17, 15) is 0 Å². The summed E-state index contributed by atoms with van der Waals surface area (Å²) < 4.78 is 7.80. The molecule has 4 rings (SSSR count). The van der Waals surface area contributed by atoms with E-state index in [4.69, 9.17) is 17.0 Å². The van der Waals surface area contributed by atoms with Crippen molar-refractivity contribution < 1.29 is 4.74 Å². The van der Waals surface area contributed by atoms with Crippen molar-refractivity contribution in [1.29, 1.82) is 0 Å². The van der Waals surface area contributed by atoms with Gasteiger partial charge in [0.05, 0.1) is 17.8 Å². The zero-order chi connectivity index (χ0) is 19.3. The number of ether oxygens (including phenoxy) is 1. The standard InChI is InChI=1S/C22H30N4OS/c1-27-16-8-15-26-21(20(24-22(26)28)18-11-5-6-13-23-18)19-12-7-14-25(19)17-9-3-2-4-10-17/h5-7,11-14,17,20-21H,2-4,8-10,15-16H2,1H3,(H,24,28)/t20-,21-/m1/s1. The van der Waals surface area contributed by atoms with E-state index in [-0.39, 0.29) is 12.1 Å². The fraction of sp³-hybridized carbons (Fsp3) is 0.545. The summed E-state index contributed by atoms with van der Waals surface area (Å²) in [4.78, 5) is 6.98. The van der Waals surface area contributed by atoms with E-state index in [2.05, 4.69) is 50.2 Å². The summed E-state index contributed by atoms with van der Waals surface area (Å²) >= 11 is 5.75. The van der Waals surface area contributed by atoms with Crippen molar-refractivity contribution in [3.05, 3.63) is 54.1 Å². The number of thiocarbonyl (C=S) groups is 1. The molecule has 1 saturated carbocycles. The molecule has 0 unspecified atom stereocenters. The monoisotopic (exact) mass is 398 g/mol. The fourth-order valence-electron chi connectivity index (χ4n) is 4.70. The van der Waals surface area contributed by atoms with Gasteiger partial charge in [0.2, 0.25) is 0 Å². The second-order valence-electron chi connectivity index (χ2n) is 7.80. The minimum absolute atomic E-state index is 0.0634. The maximum atomic E-state index is 5.75. The van der Waals surface area contributed by atoms with Crippen molar-refractivity contribution in [2.45, 2.75) is 56.7 Å². The van der Waals surface area contributed by atoms with Crippen LogP contribution in [-0.4, -0.2) is 39.8 Å². The summed E-state index contributed by atoms with van der Waals surface area (Å²) in [6, 6.07) is 11.4. The average molecular weight is 399 g/mol. The van der Waals surface area contributed by atoms with Gasteiger partial charge in [0.25, 0.3) is 0 Å². The minimum Gasteiger partial charge on any atom is -0.385 e. The zero-order valence-electron chi connectivity index (χ0n) is 16.6. The lowest BCUT2D eigenvalue weighted by Gasteiger charge is -2.32. The van der Waals surface area contributed by atoms with Crippen LogP contribution in [0, 0.1) is 0 Å². The molecule has 1 aliphatic heterocycles. The second-order valence-corrected chi connectivity index (χ2v) is 8.19. The summed E-state index contributed by atoms with van der Waals surface area (Å²) in [5.74, 6) is 0. The van der Waals surface area contributed by atoms with Gasteiger partial charge in [0, 0.05) is 44.4 Å². The molecular weight excluding hydrogens is 368 g/mol. The smallest absolute Gasteiger partial charge is 0.170 e. The average Bonchev–Trinajstić information content (AvgIpc) is 3.34. The Morgan fingerprint density at radius 1 is 1.18 bits per heavy atom. The molecule has 1 saturated heterocycles. The predicted molar refractivity (Wildman–Crippen MR) is 115 cm³/mol. The van der Waals surface area contributed by atoms with Crippen molar-refractivity contribution in [1.82, 2.24) is 19.8 Å². The summed E-state index contributed by atoms with van der Waals surface area (Å²) in [6.07, 6.45) is 11.6. The second kappa shape index (κ2) is 9.05. The first kappa shape index (κ1) is 19.4. The van der Waals surface area contributed by atoms with E-state index in [0.717, 1.165) is 30.4 Å². The molecule has 2 fully saturated rings. The predicted octanol–water partition coefficient (Wildman–Crippen LogP) is 4.40. The lowest BCUT2D eigenvalue weighted by molar-refractivity contribution is 0.179. The van der Waals surface area contributed by atoms with Crippen molar-refractivity contribution in [3.63, 3.8) is 0 Å². The third-order valence-electron chi connectivity index (χ3n) is 6.03. The van der Waals surface area contributed by atoms with E-state index in [0.29, 0.717) is 6.04 Å². The molecule has 0 radical (unpaired) electrons. The Morgan fingerprint density at radius 3 is 2.79 bits per heavy atom. The van der Waals surface area contributed by atoms with Crippen LogP contribution < -0.4 is 5.32 Å². The first-order valence-electron chi connectivity index (χ1n) is 10.4. The minimum atomic E-state index is 0.0634. The van der Waals surface area contributed by atoms with Gasteiger partial charge in [0.1, 0.15) is 0 Å². The van der Waals surface area contributed by atoms with Gasteiger partial charge >= 0.3 is 0 Å². The Labute approximate surface area is 173 Å². The van der Waals surface area contributed by atoms with Gasteiger partial charge in [-0.05, 0) is 55.7 Å². The van der Waals surface area contributed by atoms with Crippen molar-refractivity contribution in [2.24, 2.45) is 0 Å². The highest BCUT2D eigenvalue weighted by molar-refractivity contribution is 7.80. The molecule has 2 aromatic rings. The largest absolute Gasteiger partial charge is 0.385 e. The third kappa shape index (κ3) is 3.94. The Hall–Kier alpha value is -1.92. The lowest BCUT2D eigenvalue weighted by atomic mass is 9.94. The Bertz CT molecular complexity index is 772. The SMILES string of the molecule is COCCCN1C(=S)N[C@H](c2ccccn2)[C@H]1c1cccn1C1CCCCC1. The van der Waals surface area contributed by atoms with Gasteiger partial charge in [-0.3, -0.25) is 4.98 Å². The molecule has 0 amide bonds. The quantitative estimate of drug-likeness (QED) is 0.553. The first-order chi connectivity index (χ1) is 13.8. The highest BCUT2D eigenvalue weighted by atomic mass is 32.1. The van der Waals surface area contributed by atoms with Crippen LogP contribution in [0.5, 0.6) is 0 Å². The molecule has 150 valence electrons. The van der Waals surface area contributed by atoms with Gasteiger partial charge in [0.15, 0.2) is 5.11 Å². The molecule has 1 aliphatic carbocycles. The number of methoxy groups -OCH3 is 1. The lowest BCUT2D eigenvalue weighted by Crippen LogP contribution is -2.32. The number of nitrogens with one attached hydrogen (secondary N) is 1. The summed E-state index contributed by atoms with van der Waals surface area (Å²) in [6.45, 7) is 1.62. The van der Waals surface area contributed by atoms with Gasteiger partial charge < -0.3 is 19.5 Å². The van der Waals surface area contributed by atoms with Crippen LogP contribution in [0.25, 0.3) is 0 Å². The normalized spacial score (nSPS) is 23.2. The molecule has 5 nitrogen and oxygen atoms in total. The molecule has 2 aromatic heterocycles. The Balaban J connectivity index is 1.68. The van der Waals surface area contributed by atoms with Crippen LogP contribution in [0.3, 0.4) is 0 Å². The van der Waals surface area contributed by atoms with E-state index in [1.165, 1.54) is 37.8 Å². The van der Waals surface area contributed by atoms with E-state index in [1.54, 1.807) is 7.11 Å². The Kier molecular flexibility index (Phi) is 6.27. The van der Waals surface area contributed by atoms with Gasteiger partial charge in [-0.2, -0.15) is 0 Å². The maximum Gasteiger partial charge on any atom is 0.170 e. The highest BCUT2D eigenvalue weighted by Crippen LogP contribution is 2.41. The summed E-state index contributed by atoms with van der Waals surface area (Å²) in [5.41, 5.74) is 2.38. The number of aromatic nitrogens is 2. The molecule has 0 spiro atoms. The third-order valence-corrected chi connectivity index (χ3v) is 6.38. The number of pyridine rings is 1. The van der Waals surface area contributed by atoms with Crippen LogP contribution in [0.4, 0.5) is 0 Å². The number of rotatable bonds is 7. The van der Waals surface area contributed by atoms with Crippen LogP contribution in [0.2, 0.25) is 0 Å². The molecule has 6 heteroatoms. The fourth-order valence-corrected chi connectivity index (χ4v) is 5.03. The van der Waals surface area contributed by atoms with Crippen molar-refractivity contribution in [3.8, 4) is 0 Å². The summed E-state index contributed by atoms with van der Waals surface area (Å²) in [5, 5.41) is 4.37. The van der Waals surface area contributed by atoms with Gasteiger partial charge in [-0.1, -0.05) is 25.3 Å². The van der Waals surface area contributed by atoms with Crippen molar-refractivity contribution >= 4 is 17.3 Å². The van der Waals surface area contributed by atoms with E-state index in [1.807, 2.05) is 12.3 Å². The Morgan fingerprint density at radius 2 is 2.04 bits per heavy atom. The zero-order valence-corrected chi connectivity index (χ0v) is 17.4. The molecule has 3 heterocycles. The van der Waals surface area contributed by atoms with E-state index >= 15 is 0 Å².